The monoisotopic (exact) mass is 733 g/mol. The second kappa shape index (κ2) is 15.4. The summed E-state index contributed by atoms with van der Waals surface area (Å²) in [4.78, 5) is 2.48. The second-order valence-electron chi connectivity index (χ2n) is 15.1. The Kier molecular flexibility index (Phi) is 9.74. The molecule has 57 heavy (non-hydrogen) atoms. The van der Waals surface area contributed by atoms with Crippen LogP contribution in [0.4, 0.5) is 17.1 Å². The van der Waals surface area contributed by atoms with Crippen molar-refractivity contribution in [3.05, 3.63) is 258 Å². The lowest BCUT2D eigenvalue weighted by Gasteiger charge is -2.38. The quantitative estimate of drug-likeness (QED) is 0.0945. The van der Waals surface area contributed by atoms with Gasteiger partial charge in [0.1, 0.15) is 0 Å². The third-order valence-electron chi connectivity index (χ3n) is 12.4. The maximum Gasteiger partial charge on any atom is 0.0702 e. The predicted molar refractivity (Wildman–Crippen MR) is 242 cm³/mol. The van der Waals surface area contributed by atoms with Crippen LogP contribution in [0.2, 0.25) is 0 Å². The number of hydrogen-bond donors (Lipinski definition) is 0. The molecule has 0 bridgehead atoms. The maximum absolute atomic E-state index is 2.48. The van der Waals surface area contributed by atoms with Crippen molar-refractivity contribution in [1.82, 2.24) is 0 Å². The van der Waals surface area contributed by atoms with Crippen molar-refractivity contribution in [2.45, 2.75) is 37.5 Å². The number of hydrogen-bond acceptors (Lipinski definition) is 1. The van der Waals surface area contributed by atoms with Gasteiger partial charge in [-0.3, -0.25) is 0 Å². The molecule has 0 aliphatic heterocycles. The van der Waals surface area contributed by atoms with Crippen LogP contribution >= 0.6 is 0 Å². The summed E-state index contributed by atoms with van der Waals surface area (Å²) in [6.07, 6.45) is 2.04. The van der Waals surface area contributed by atoms with Crippen molar-refractivity contribution in [2.75, 3.05) is 4.90 Å². The summed E-state index contributed by atoms with van der Waals surface area (Å²) in [5, 5.41) is 4.94. The molecule has 1 heteroatoms. The van der Waals surface area contributed by atoms with Gasteiger partial charge in [0.15, 0.2) is 0 Å². The molecule has 0 saturated heterocycles. The van der Waals surface area contributed by atoms with E-state index in [1.165, 1.54) is 54.9 Å². The first-order valence-corrected chi connectivity index (χ1v) is 20.3. The zero-order valence-corrected chi connectivity index (χ0v) is 32.7. The van der Waals surface area contributed by atoms with Gasteiger partial charge in [0.25, 0.3) is 0 Å². The standard InChI is InChI=1S/C56H47N/c1-3-55(4-2,43-23-9-5-10-24-43)44-36-38-49(39-37-44)57(54-40-42-22-17-18-33-51(42)52-34-19-20-35-53(52)54)50-32-21-31-48(41-50)56(45-25-11-6-12-26-45,46-27-13-7-14-28-46)47-29-15-8-16-30-47/h5-41H,3-4H2,1-2H3. The minimum absolute atomic E-state index is 0.0686. The average Bonchev–Trinajstić information content (AvgIpc) is 3.29. The topological polar surface area (TPSA) is 3.24 Å². The summed E-state index contributed by atoms with van der Waals surface area (Å²) < 4.78 is 0. The van der Waals surface area contributed by atoms with Gasteiger partial charge in [0, 0.05) is 22.2 Å². The van der Waals surface area contributed by atoms with E-state index in [9.17, 15) is 0 Å². The molecule has 276 valence electrons. The van der Waals surface area contributed by atoms with E-state index in [4.69, 9.17) is 0 Å². The molecule has 0 spiro atoms. The van der Waals surface area contributed by atoms with Crippen LogP contribution in [0.25, 0.3) is 21.5 Å². The molecule has 0 heterocycles. The number of anilines is 3. The SMILES string of the molecule is CCC(CC)(c1ccccc1)c1ccc(N(c2cccc(C(c3ccccc3)(c3ccccc3)c3ccccc3)c2)c2cc3ccccc3c3ccccc23)cc1. The summed E-state index contributed by atoms with van der Waals surface area (Å²) in [5.41, 5.74) is 10.3. The van der Waals surface area contributed by atoms with Gasteiger partial charge in [-0.1, -0.05) is 208 Å². The Labute approximate surface area is 337 Å². The van der Waals surface area contributed by atoms with Crippen molar-refractivity contribution in [3.8, 4) is 0 Å². The van der Waals surface area contributed by atoms with E-state index in [2.05, 4.69) is 243 Å². The Morgan fingerprint density at radius 3 is 1.32 bits per heavy atom. The van der Waals surface area contributed by atoms with Crippen LogP contribution in [-0.4, -0.2) is 0 Å². The fourth-order valence-corrected chi connectivity index (χ4v) is 9.51. The highest BCUT2D eigenvalue weighted by Crippen LogP contribution is 2.49. The lowest BCUT2D eigenvalue weighted by molar-refractivity contribution is 0.478. The molecule has 0 saturated carbocycles. The normalized spacial score (nSPS) is 11.8. The van der Waals surface area contributed by atoms with E-state index >= 15 is 0 Å². The molecule has 0 unspecified atom stereocenters. The number of fused-ring (bicyclic) bond motifs is 3. The molecule has 9 aromatic carbocycles. The van der Waals surface area contributed by atoms with Gasteiger partial charge >= 0.3 is 0 Å². The highest BCUT2D eigenvalue weighted by Gasteiger charge is 2.39. The Morgan fingerprint density at radius 2 is 0.772 bits per heavy atom. The molecule has 9 aromatic rings. The Hall–Kier alpha value is -6.70. The van der Waals surface area contributed by atoms with Gasteiger partial charge in [0.2, 0.25) is 0 Å². The molecule has 0 radical (unpaired) electrons. The maximum atomic E-state index is 2.48. The van der Waals surface area contributed by atoms with Gasteiger partial charge in [-0.2, -0.15) is 0 Å². The second-order valence-corrected chi connectivity index (χ2v) is 15.1. The van der Waals surface area contributed by atoms with E-state index < -0.39 is 5.41 Å². The van der Waals surface area contributed by atoms with Gasteiger partial charge < -0.3 is 4.90 Å². The third-order valence-corrected chi connectivity index (χ3v) is 12.4. The van der Waals surface area contributed by atoms with Crippen LogP contribution in [0.15, 0.2) is 224 Å². The highest BCUT2D eigenvalue weighted by atomic mass is 15.1. The molecule has 0 aliphatic carbocycles. The van der Waals surface area contributed by atoms with E-state index in [0.717, 1.165) is 29.9 Å². The van der Waals surface area contributed by atoms with Gasteiger partial charge in [-0.05, 0) is 92.7 Å². The van der Waals surface area contributed by atoms with Gasteiger partial charge in [-0.15, -0.1) is 0 Å². The van der Waals surface area contributed by atoms with E-state index in [0.29, 0.717) is 0 Å². The zero-order chi connectivity index (χ0) is 38.7. The summed E-state index contributed by atoms with van der Waals surface area (Å²) in [5.74, 6) is 0. The van der Waals surface area contributed by atoms with E-state index in [1.807, 2.05) is 0 Å². The third kappa shape index (κ3) is 6.21. The summed E-state index contributed by atoms with van der Waals surface area (Å²) in [7, 11) is 0. The van der Waals surface area contributed by atoms with Crippen molar-refractivity contribution in [2.24, 2.45) is 0 Å². The Balaban J connectivity index is 1.31. The van der Waals surface area contributed by atoms with Gasteiger partial charge in [0.05, 0.1) is 11.1 Å². The molecule has 0 amide bonds. The molecule has 0 atom stereocenters. The fraction of sp³-hybridized carbons (Fsp3) is 0.107. The van der Waals surface area contributed by atoms with Crippen LogP contribution in [0.1, 0.15) is 60.1 Å². The fourth-order valence-electron chi connectivity index (χ4n) is 9.51. The van der Waals surface area contributed by atoms with Crippen LogP contribution < -0.4 is 4.90 Å². The van der Waals surface area contributed by atoms with Gasteiger partial charge in [-0.25, -0.2) is 0 Å². The average molecular weight is 734 g/mol. The smallest absolute Gasteiger partial charge is 0.0702 e. The predicted octanol–water partition coefficient (Wildman–Crippen LogP) is 15.0. The van der Waals surface area contributed by atoms with E-state index in [1.54, 1.807) is 0 Å². The number of benzene rings is 9. The Bertz CT molecular complexity index is 2640. The molecular formula is C56H47N. The van der Waals surface area contributed by atoms with Crippen LogP contribution in [0.3, 0.4) is 0 Å². The molecule has 0 aliphatic rings. The first kappa shape index (κ1) is 36.0. The summed E-state index contributed by atoms with van der Waals surface area (Å²) >= 11 is 0. The molecule has 1 nitrogen and oxygen atoms in total. The first-order chi connectivity index (χ1) is 28.2. The van der Waals surface area contributed by atoms with Crippen molar-refractivity contribution in [3.63, 3.8) is 0 Å². The lowest BCUT2D eigenvalue weighted by Crippen LogP contribution is -2.31. The lowest BCUT2D eigenvalue weighted by atomic mass is 9.65. The minimum atomic E-state index is -0.571. The summed E-state index contributed by atoms with van der Waals surface area (Å²) in [6.45, 7) is 4.64. The molecule has 0 fully saturated rings. The molecule has 0 N–H and O–H groups in total. The zero-order valence-electron chi connectivity index (χ0n) is 32.7. The minimum Gasteiger partial charge on any atom is -0.310 e. The van der Waals surface area contributed by atoms with Crippen molar-refractivity contribution >= 4 is 38.6 Å². The highest BCUT2D eigenvalue weighted by molar-refractivity contribution is 6.14. The Morgan fingerprint density at radius 1 is 0.333 bits per heavy atom. The molecule has 0 aromatic heterocycles. The van der Waals surface area contributed by atoms with Crippen molar-refractivity contribution < 1.29 is 0 Å². The summed E-state index contributed by atoms with van der Waals surface area (Å²) in [6, 6.07) is 82.7. The largest absolute Gasteiger partial charge is 0.310 e. The van der Waals surface area contributed by atoms with Crippen LogP contribution in [0.5, 0.6) is 0 Å². The molecular weight excluding hydrogens is 687 g/mol. The van der Waals surface area contributed by atoms with Crippen molar-refractivity contribution in [1.29, 1.82) is 0 Å². The van der Waals surface area contributed by atoms with Crippen LogP contribution in [0, 0.1) is 0 Å². The number of rotatable bonds is 11. The first-order valence-electron chi connectivity index (χ1n) is 20.3. The van der Waals surface area contributed by atoms with E-state index in [-0.39, 0.29) is 5.41 Å². The van der Waals surface area contributed by atoms with Crippen LogP contribution in [-0.2, 0) is 10.8 Å². The molecule has 9 rings (SSSR count). The number of nitrogens with zero attached hydrogens (tertiary/aromatic N) is 1.